The first-order valence-electron chi connectivity index (χ1n) is 7.21. The van der Waals surface area contributed by atoms with Crippen molar-refractivity contribution >= 4 is 34.4 Å². The Bertz CT molecular complexity index is 958. The minimum absolute atomic E-state index is 0.257. The molecule has 1 amide bonds. The Kier molecular flexibility index (Phi) is 3.94. The molecule has 1 N–H and O–H groups in total. The molecule has 0 aliphatic heterocycles. The van der Waals surface area contributed by atoms with Crippen LogP contribution in [0.25, 0.3) is 15.6 Å². The number of hydrogen-bond acceptors (Lipinski definition) is 5. The maximum atomic E-state index is 12.3. The van der Waals surface area contributed by atoms with Crippen molar-refractivity contribution in [1.82, 2.24) is 14.8 Å². The van der Waals surface area contributed by atoms with E-state index in [0.717, 1.165) is 15.6 Å². The van der Waals surface area contributed by atoms with Gasteiger partial charge >= 0.3 is 0 Å². The molecule has 118 valence electrons. The van der Waals surface area contributed by atoms with Gasteiger partial charge in [-0.2, -0.15) is 5.10 Å². The molecule has 0 aliphatic carbocycles. The molecule has 3 heterocycles. The van der Waals surface area contributed by atoms with E-state index in [-0.39, 0.29) is 5.91 Å². The third kappa shape index (κ3) is 2.99. The predicted octanol–water partition coefficient (Wildman–Crippen LogP) is 4.31. The third-order valence-electron chi connectivity index (χ3n) is 3.32. The summed E-state index contributed by atoms with van der Waals surface area (Å²) in [4.78, 5) is 17.8. The summed E-state index contributed by atoms with van der Waals surface area (Å²) in [7, 11) is 0. The monoisotopic (exact) mass is 352 g/mol. The van der Waals surface area contributed by atoms with Crippen LogP contribution in [-0.2, 0) is 0 Å². The van der Waals surface area contributed by atoms with E-state index in [9.17, 15) is 4.79 Å². The average Bonchev–Trinajstić information content (AvgIpc) is 3.36. The third-order valence-corrected chi connectivity index (χ3v) is 5.20. The van der Waals surface area contributed by atoms with Crippen molar-refractivity contribution in [3.63, 3.8) is 0 Å². The summed E-state index contributed by atoms with van der Waals surface area (Å²) in [5, 5.41) is 11.8. The Hall–Kier alpha value is -2.77. The molecule has 0 spiro atoms. The number of amides is 1. The van der Waals surface area contributed by atoms with Gasteiger partial charge in [-0.1, -0.05) is 24.3 Å². The van der Waals surface area contributed by atoms with Crippen molar-refractivity contribution < 1.29 is 4.79 Å². The molecule has 0 saturated heterocycles. The summed E-state index contributed by atoms with van der Waals surface area (Å²) >= 11 is 3.07. The highest BCUT2D eigenvalue weighted by Crippen LogP contribution is 2.28. The van der Waals surface area contributed by atoms with Gasteiger partial charge in [0.2, 0.25) is 0 Å². The lowest BCUT2D eigenvalue weighted by Gasteiger charge is -2.01. The maximum Gasteiger partial charge on any atom is 0.276 e. The fourth-order valence-corrected chi connectivity index (χ4v) is 3.80. The lowest BCUT2D eigenvalue weighted by Crippen LogP contribution is -2.13. The van der Waals surface area contributed by atoms with Crippen LogP contribution in [0.4, 0.5) is 5.82 Å². The van der Waals surface area contributed by atoms with E-state index in [1.807, 2.05) is 54.0 Å². The number of carbonyl (C=O) groups excluding carboxylic acids is 1. The van der Waals surface area contributed by atoms with Gasteiger partial charge in [-0.25, -0.2) is 9.67 Å². The SMILES string of the molecule is O=C(Nc1ccn(-c2ccccc2)n1)c1csc(-c2cccs2)n1. The molecule has 0 saturated carbocycles. The van der Waals surface area contributed by atoms with Gasteiger partial charge in [-0.15, -0.1) is 22.7 Å². The predicted molar refractivity (Wildman–Crippen MR) is 96.9 cm³/mol. The number of aromatic nitrogens is 3. The van der Waals surface area contributed by atoms with Crippen molar-refractivity contribution in [3.05, 3.63) is 71.2 Å². The second-order valence-corrected chi connectivity index (χ2v) is 6.76. The Morgan fingerprint density at radius 2 is 1.92 bits per heavy atom. The first kappa shape index (κ1) is 14.8. The van der Waals surface area contributed by atoms with Crippen LogP contribution in [0, 0.1) is 0 Å². The molecule has 4 aromatic rings. The van der Waals surface area contributed by atoms with E-state index in [2.05, 4.69) is 15.4 Å². The fraction of sp³-hybridized carbons (Fsp3) is 0. The van der Waals surface area contributed by atoms with Crippen molar-refractivity contribution in [2.24, 2.45) is 0 Å². The minimum atomic E-state index is -0.257. The first-order valence-corrected chi connectivity index (χ1v) is 8.97. The van der Waals surface area contributed by atoms with Crippen molar-refractivity contribution in [3.8, 4) is 15.6 Å². The molecule has 3 aromatic heterocycles. The molecule has 5 nitrogen and oxygen atoms in total. The highest BCUT2D eigenvalue weighted by atomic mass is 32.1. The Balaban J connectivity index is 1.50. The summed E-state index contributed by atoms with van der Waals surface area (Å²) < 4.78 is 1.72. The number of rotatable bonds is 4. The Morgan fingerprint density at radius 1 is 1.04 bits per heavy atom. The average molecular weight is 352 g/mol. The van der Waals surface area contributed by atoms with Crippen LogP contribution in [0.1, 0.15) is 10.5 Å². The topological polar surface area (TPSA) is 59.8 Å². The van der Waals surface area contributed by atoms with E-state index >= 15 is 0 Å². The molecule has 7 heteroatoms. The molecule has 24 heavy (non-hydrogen) atoms. The number of para-hydroxylation sites is 1. The zero-order chi connectivity index (χ0) is 16.4. The summed E-state index contributed by atoms with van der Waals surface area (Å²) in [5.74, 6) is 0.238. The Morgan fingerprint density at radius 3 is 2.71 bits per heavy atom. The van der Waals surface area contributed by atoms with Crippen molar-refractivity contribution in [2.75, 3.05) is 5.32 Å². The smallest absolute Gasteiger partial charge is 0.276 e. The van der Waals surface area contributed by atoms with E-state index in [0.29, 0.717) is 11.5 Å². The van der Waals surface area contributed by atoms with E-state index in [1.165, 1.54) is 11.3 Å². The van der Waals surface area contributed by atoms with E-state index in [1.54, 1.807) is 27.5 Å². The van der Waals surface area contributed by atoms with Crippen LogP contribution in [0.3, 0.4) is 0 Å². The van der Waals surface area contributed by atoms with E-state index < -0.39 is 0 Å². The van der Waals surface area contributed by atoms with Gasteiger partial charge in [-0.05, 0) is 23.6 Å². The van der Waals surface area contributed by atoms with Crippen molar-refractivity contribution in [1.29, 1.82) is 0 Å². The van der Waals surface area contributed by atoms with Crippen LogP contribution in [-0.4, -0.2) is 20.7 Å². The van der Waals surface area contributed by atoms with Gasteiger partial charge in [0, 0.05) is 17.6 Å². The summed E-state index contributed by atoms with van der Waals surface area (Å²) in [6.45, 7) is 0. The molecular formula is C17H12N4OS2. The summed E-state index contributed by atoms with van der Waals surface area (Å²) in [5.41, 5.74) is 1.34. The Labute approximate surface area is 146 Å². The molecule has 0 unspecified atom stereocenters. The molecule has 0 fully saturated rings. The van der Waals surface area contributed by atoms with Crippen LogP contribution >= 0.6 is 22.7 Å². The van der Waals surface area contributed by atoms with Gasteiger partial charge in [0.25, 0.3) is 5.91 Å². The summed E-state index contributed by atoms with van der Waals surface area (Å²) in [6, 6.07) is 15.5. The number of benzene rings is 1. The fourth-order valence-electron chi connectivity index (χ4n) is 2.19. The van der Waals surface area contributed by atoms with Gasteiger partial charge in [0.05, 0.1) is 10.6 Å². The molecule has 0 radical (unpaired) electrons. The number of hydrogen-bond donors (Lipinski definition) is 1. The largest absolute Gasteiger partial charge is 0.304 e. The molecule has 4 rings (SSSR count). The van der Waals surface area contributed by atoms with Gasteiger partial charge in [-0.3, -0.25) is 4.79 Å². The number of nitrogens with one attached hydrogen (secondary N) is 1. The lowest BCUT2D eigenvalue weighted by molar-refractivity contribution is 0.102. The van der Waals surface area contributed by atoms with Gasteiger partial charge in [0.1, 0.15) is 10.7 Å². The molecule has 0 bridgehead atoms. The van der Waals surface area contributed by atoms with Crippen LogP contribution < -0.4 is 5.32 Å². The standard InChI is InChI=1S/C17H12N4OS2/c22-16(13-11-24-17(18-13)14-7-4-10-23-14)19-15-8-9-21(20-15)12-5-2-1-3-6-12/h1-11H,(H,19,20,22). The summed E-state index contributed by atoms with van der Waals surface area (Å²) in [6.07, 6.45) is 1.81. The van der Waals surface area contributed by atoms with Crippen LogP contribution in [0.15, 0.2) is 65.5 Å². The zero-order valence-corrected chi connectivity index (χ0v) is 14.1. The molecule has 0 atom stereocenters. The number of carbonyl (C=O) groups is 1. The second-order valence-electron chi connectivity index (χ2n) is 4.95. The number of thiophene rings is 1. The zero-order valence-electron chi connectivity index (χ0n) is 12.4. The molecule has 0 aliphatic rings. The highest BCUT2D eigenvalue weighted by Gasteiger charge is 2.13. The maximum absolute atomic E-state index is 12.3. The van der Waals surface area contributed by atoms with Crippen molar-refractivity contribution in [2.45, 2.75) is 0 Å². The minimum Gasteiger partial charge on any atom is -0.304 e. The second kappa shape index (κ2) is 6.38. The molecule has 1 aromatic carbocycles. The number of thiazole rings is 1. The number of nitrogens with zero attached hydrogens (tertiary/aromatic N) is 3. The van der Waals surface area contributed by atoms with Crippen LogP contribution in [0.2, 0.25) is 0 Å². The van der Waals surface area contributed by atoms with Gasteiger partial charge < -0.3 is 5.32 Å². The highest BCUT2D eigenvalue weighted by molar-refractivity contribution is 7.20. The van der Waals surface area contributed by atoms with Crippen LogP contribution in [0.5, 0.6) is 0 Å². The first-order chi connectivity index (χ1) is 11.8. The lowest BCUT2D eigenvalue weighted by atomic mass is 10.3. The normalized spacial score (nSPS) is 10.7. The quantitative estimate of drug-likeness (QED) is 0.595. The molecular weight excluding hydrogens is 340 g/mol. The number of anilines is 1. The van der Waals surface area contributed by atoms with E-state index in [4.69, 9.17) is 0 Å². The van der Waals surface area contributed by atoms with Gasteiger partial charge in [0.15, 0.2) is 5.82 Å².